The van der Waals surface area contributed by atoms with Gasteiger partial charge in [0.25, 0.3) is 0 Å². The van der Waals surface area contributed by atoms with Crippen LogP contribution >= 0.6 is 0 Å². The summed E-state index contributed by atoms with van der Waals surface area (Å²) in [5.41, 5.74) is 0.613. The zero-order chi connectivity index (χ0) is 10.8. The molecular formula is C11H6F3N. The van der Waals surface area contributed by atoms with E-state index < -0.39 is 17.6 Å². The van der Waals surface area contributed by atoms with Crippen molar-refractivity contribution in [3.8, 4) is 11.3 Å². The minimum atomic E-state index is -0.974. The van der Waals surface area contributed by atoms with Crippen molar-refractivity contribution in [3.05, 3.63) is 54.0 Å². The van der Waals surface area contributed by atoms with E-state index in [1.165, 1.54) is 24.3 Å². The number of pyridine rings is 1. The lowest BCUT2D eigenvalue weighted by atomic mass is 10.1. The number of benzene rings is 1. The van der Waals surface area contributed by atoms with E-state index in [9.17, 15) is 13.2 Å². The Kier molecular flexibility index (Phi) is 2.41. The van der Waals surface area contributed by atoms with Crippen LogP contribution in [0.25, 0.3) is 11.3 Å². The van der Waals surface area contributed by atoms with Crippen LogP contribution in [-0.2, 0) is 0 Å². The predicted octanol–water partition coefficient (Wildman–Crippen LogP) is 3.17. The zero-order valence-corrected chi connectivity index (χ0v) is 7.55. The monoisotopic (exact) mass is 209 g/mol. The summed E-state index contributed by atoms with van der Waals surface area (Å²) in [7, 11) is 0. The smallest absolute Gasteiger partial charge is 0.213 e. The maximum atomic E-state index is 12.9. The van der Waals surface area contributed by atoms with E-state index in [0.29, 0.717) is 5.56 Å². The van der Waals surface area contributed by atoms with Gasteiger partial charge in [0.15, 0.2) is 11.6 Å². The van der Waals surface area contributed by atoms with Gasteiger partial charge in [0.05, 0.1) is 5.69 Å². The summed E-state index contributed by atoms with van der Waals surface area (Å²) >= 11 is 0. The molecule has 0 saturated heterocycles. The molecule has 0 radical (unpaired) electrons. The zero-order valence-electron chi connectivity index (χ0n) is 7.55. The second-order valence-corrected chi connectivity index (χ2v) is 2.97. The third-order valence-electron chi connectivity index (χ3n) is 1.93. The molecule has 76 valence electrons. The SMILES string of the molecule is Fc1cccc(-c2ccc(F)c(F)c2)n1. The van der Waals surface area contributed by atoms with Gasteiger partial charge in [-0.3, -0.25) is 0 Å². The fraction of sp³-hybridized carbons (Fsp3) is 0. The summed E-state index contributed by atoms with van der Waals surface area (Å²) < 4.78 is 38.2. The third kappa shape index (κ3) is 1.98. The number of hydrogen-bond acceptors (Lipinski definition) is 1. The molecule has 0 N–H and O–H groups in total. The first-order valence-corrected chi connectivity index (χ1v) is 4.25. The van der Waals surface area contributed by atoms with Gasteiger partial charge in [0, 0.05) is 5.56 Å². The minimum Gasteiger partial charge on any atom is -0.220 e. The molecule has 0 fully saturated rings. The van der Waals surface area contributed by atoms with Crippen molar-refractivity contribution in [3.63, 3.8) is 0 Å². The van der Waals surface area contributed by atoms with Crippen LogP contribution in [0.4, 0.5) is 13.2 Å². The summed E-state index contributed by atoms with van der Waals surface area (Å²) in [5, 5.41) is 0. The largest absolute Gasteiger partial charge is 0.220 e. The molecule has 2 aromatic rings. The van der Waals surface area contributed by atoms with Crippen molar-refractivity contribution in [2.24, 2.45) is 0 Å². The van der Waals surface area contributed by atoms with Gasteiger partial charge in [-0.1, -0.05) is 6.07 Å². The van der Waals surface area contributed by atoms with E-state index in [2.05, 4.69) is 4.98 Å². The first-order valence-electron chi connectivity index (χ1n) is 4.25. The lowest BCUT2D eigenvalue weighted by molar-refractivity contribution is 0.509. The number of halogens is 3. The van der Waals surface area contributed by atoms with Crippen LogP contribution < -0.4 is 0 Å². The molecule has 15 heavy (non-hydrogen) atoms. The standard InChI is InChI=1S/C11H6F3N/c12-8-5-4-7(6-9(8)13)10-2-1-3-11(14)15-10/h1-6H. The molecule has 0 aliphatic rings. The normalized spacial score (nSPS) is 10.3. The highest BCUT2D eigenvalue weighted by molar-refractivity contribution is 5.58. The summed E-state index contributed by atoms with van der Waals surface area (Å²) in [6, 6.07) is 7.48. The Labute approximate surface area is 84.2 Å². The molecule has 0 aliphatic heterocycles. The van der Waals surface area contributed by atoms with Gasteiger partial charge in [0.1, 0.15) is 0 Å². The van der Waals surface area contributed by atoms with Crippen LogP contribution in [0.1, 0.15) is 0 Å². The maximum absolute atomic E-state index is 12.9. The van der Waals surface area contributed by atoms with E-state index >= 15 is 0 Å². The topological polar surface area (TPSA) is 12.9 Å². The molecule has 0 saturated carbocycles. The third-order valence-corrected chi connectivity index (χ3v) is 1.93. The highest BCUT2D eigenvalue weighted by Gasteiger charge is 2.05. The summed E-state index contributed by atoms with van der Waals surface area (Å²) in [6.45, 7) is 0. The fourth-order valence-electron chi connectivity index (χ4n) is 1.22. The molecule has 0 unspecified atom stereocenters. The first kappa shape index (κ1) is 9.71. The van der Waals surface area contributed by atoms with Gasteiger partial charge in [-0.15, -0.1) is 0 Å². The Morgan fingerprint density at radius 3 is 2.33 bits per heavy atom. The molecule has 0 spiro atoms. The van der Waals surface area contributed by atoms with Gasteiger partial charge < -0.3 is 0 Å². The van der Waals surface area contributed by atoms with Gasteiger partial charge in [0.2, 0.25) is 5.95 Å². The van der Waals surface area contributed by atoms with E-state index in [4.69, 9.17) is 0 Å². The summed E-state index contributed by atoms with van der Waals surface area (Å²) in [6.07, 6.45) is 0. The second-order valence-electron chi connectivity index (χ2n) is 2.97. The first-order chi connectivity index (χ1) is 7.16. The maximum Gasteiger partial charge on any atom is 0.213 e. The molecule has 1 heterocycles. The van der Waals surface area contributed by atoms with Crippen LogP contribution in [0.15, 0.2) is 36.4 Å². The molecular weight excluding hydrogens is 203 g/mol. The van der Waals surface area contributed by atoms with E-state index in [1.54, 1.807) is 0 Å². The highest BCUT2D eigenvalue weighted by atomic mass is 19.2. The molecule has 0 atom stereocenters. The lowest BCUT2D eigenvalue weighted by Gasteiger charge is -2.01. The van der Waals surface area contributed by atoms with Gasteiger partial charge in [-0.2, -0.15) is 4.39 Å². The van der Waals surface area contributed by atoms with Crippen LogP contribution in [-0.4, -0.2) is 4.98 Å². The van der Waals surface area contributed by atoms with E-state index in [1.807, 2.05) is 0 Å². The number of hydrogen-bond donors (Lipinski definition) is 0. The van der Waals surface area contributed by atoms with E-state index in [0.717, 1.165) is 12.1 Å². The van der Waals surface area contributed by atoms with Crippen LogP contribution in [0.2, 0.25) is 0 Å². The Balaban J connectivity index is 2.50. The predicted molar refractivity (Wildman–Crippen MR) is 49.5 cm³/mol. The minimum absolute atomic E-state index is 0.272. The Morgan fingerprint density at radius 2 is 1.67 bits per heavy atom. The average molecular weight is 209 g/mol. The Morgan fingerprint density at radius 1 is 0.867 bits per heavy atom. The molecule has 1 aromatic carbocycles. The summed E-state index contributed by atoms with van der Waals surface area (Å²) in [5.74, 6) is -2.56. The molecule has 0 aliphatic carbocycles. The quantitative estimate of drug-likeness (QED) is 0.657. The van der Waals surface area contributed by atoms with Gasteiger partial charge in [-0.25, -0.2) is 13.8 Å². The average Bonchev–Trinajstić information content (AvgIpc) is 2.22. The van der Waals surface area contributed by atoms with Crippen molar-refractivity contribution in [2.45, 2.75) is 0 Å². The molecule has 2 rings (SSSR count). The van der Waals surface area contributed by atoms with Crippen LogP contribution in [0.3, 0.4) is 0 Å². The van der Waals surface area contributed by atoms with Crippen molar-refractivity contribution >= 4 is 0 Å². The highest BCUT2D eigenvalue weighted by Crippen LogP contribution is 2.19. The molecule has 0 amide bonds. The second kappa shape index (κ2) is 3.73. The molecule has 4 heteroatoms. The van der Waals surface area contributed by atoms with Crippen LogP contribution in [0.5, 0.6) is 0 Å². The molecule has 1 nitrogen and oxygen atoms in total. The molecule has 0 bridgehead atoms. The number of aromatic nitrogens is 1. The van der Waals surface area contributed by atoms with Crippen molar-refractivity contribution in [2.75, 3.05) is 0 Å². The van der Waals surface area contributed by atoms with Crippen molar-refractivity contribution < 1.29 is 13.2 Å². The van der Waals surface area contributed by atoms with E-state index in [-0.39, 0.29) is 5.69 Å². The van der Waals surface area contributed by atoms with Crippen molar-refractivity contribution in [1.82, 2.24) is 4.98 Å². The van der Waals surface area contributed by atoms with Crippen LogP contribution in [0, 0.1) is 17.6 Å². The fourth-order valence-corrected chi connectivity index (χ4v) is 1.22. The summed E-state index contributed by atoms with van der Waals surface area (Å²) in [4.78, 5) is 3.56. The van der Waals surface area contributed by atoms with Gasteiger partial charge >= 0.3 is 0 Å². The Hall–Kier alpha value is -1.84. The van der Waals surface area contributed by atoms with Crippen molar-refractivity contribution in [1.29, 1.82) is 0 Å². The molecule has 1 aromatic heterocycles. The number of rotatable bonds is 1. The number of nitrogens with zero attached hydrogens (tertiary/aromatic N) is 1. The van der Waals surface area contributed by atoms with Gasteiger partial charge in [-0.05, 0) is 30.3 Å². The Bertz CT molecular complexity index is 497. The lowest BCUT2D eigenvalue weighted by Crippen LogP contribution is -1.89.